The molecule has 1 amide bonds. The summed E-state index contributed by atoms with van der Waals surface area (Å²) < 4.78 is 1.82. The van der Waals surface area contributed by atoms with Gasteiger partial charge in [-0.2, -0.15) is 0 Å². The van der Waals surface area contributed by atoms with Gasteiger partial charge in [-0.25, -0.2) is 4.68 Å². The highest BCUT2D eigenvalue weighted by atomic mass is 16.2. The fraction of sp³-hybridized carbons (Fsp3) is 0.833. The Kier molecular flexibility index (Phi) is 5.09. The molecule has 0 spiro atoms. The first-order valence-electron chi connectivity index (χ1n) is 8.84. The third-order valence-corrected chi connectivity index (χ3v) is 5.13. The van der Waals surface area contributed by atoms with Crippen molar-refractivity contribution in [1.82, 2.24) is 25.2 Å². The molecule has 1 aliphatic heterocycles. The van der Waals surface area contributed by atoms with E-state index in [0.717, 1.165) is 25.1 Å². The van der Waals surface area contributed by atoms with Crippen molar-refractivity contribution >= 4 is 5.91 Å². The average Bonchev–Trinajstić information content (AvgIpc) is 2.91. The number of carbonyl (C=O) groups is 1. The molecule has 1 fully saturated rings. The van der Waals surface area contributed by atoms with Crippen molar-refractivity contribution in [3.63, 3.8) is 0 Å². The van der Waals surface area contributed by atoms with Crippen LogP contribution >= 0.6 is 0 Å². The summed E-state index contributed by atoms with van der Waals surface area (Å²) >= 11 is 0. The van der Waals surface area contributed by atoms with E-state index in [2.05, 4.69) is 48.2 Å². The molecule has 0 radical (unpaired) electrons. The van der Waals surface area contributed by atoms with E-state index in [0.29, 0.717) is 13.0 Å². The molecule has 1 aromatic rings. The van der Waals surface area contributed by atoms with Crippen molar-refractivity contribution in [3.05, 3.63) is 11.9 Å². The van der Waals surface area contributed by atoms with Gasteiger partial charge in [-0.3, -0.25) is 4.79 Å². The maximum atomic E-state index is 13.1. The number of hydrogen-bond donors (Lipinski definition) is 1. The molecule has 24 heavy (non-hydrogen) atoms. The van der Waals surface area contributed by atoms with Crippen LogP contribution in [0.15, 0.2) is 6.20 Å². The summed E-state index contributed by atoms with van der Waals surface area (Å²) in [4.78, 5) is 15.1. The van der Waals surface area contributed by atoms with Gasteiger partial charge in [-0.1, -0.05) is 19.1 Å². The number of hydrogen-bond acceptors (Lipinski definition) is 4. The van der Waals surface area contributed by atoms with Crippen LogP contribution in [0.1, 0.15) is 66.5 Å². The predicted molar refractivity (Wildman–Crippen MR) is 95.5 cm³/mol. The fourth-order valence-electron chi connectivity index (χ4n) is 3.33. The van der Waals surface area contributed by atoms with Crippen LogP contribution < -0.4 is 5.32 Å². The lowest BCUT2D eigenvalue weighted by Gasteiger charge is -2.49. The highest BCUT2D eigenvalue weighted by Gasteiger charge is 2.41. The number of rotatable bonds is 5. The first kappa shape index (κ1) is 18.9. The molecule has 6 heteroatoms. The maximum Gasteiger partial charge on any atom is 0.225 e. The lowest BCUT2D eigenvalue weighted by molar-refractivity contribution is -0.144. The molecule has 0 saturated carbocycles. The normalized spacial score (nSPS) is 20.2. The fourth-order valence-corrected chi connectivity index (χ4v) is 3.33. The minimum Gasteiger partial charge on any atom is -0.337 e. The molecule has 2 rings (SSSR count). The van der Waals surface area contributed by atoms with Gasteiger partial charge in [0.05, 0.1) is 23.9 Å². The zero-order valence-corrected chi connectivity index (χ0v) is 16.3. The molecule has 0 unspecified atom stereocenters. The summed E-state index contributed by atoms with van der Waals surface area (Å²) in [5.74, 6) is 0.198. The van der Waals surface area contributed by atoms with Gasteiger partial charge >= 0.3 is 0 Å². The van der Waals surface area contributed by atoms with E-state index in [1.807, 2.05) is 31.8 Å². The molecular formula is C18H33N5O. The molecule has 6 nitrogen and oxygen atoms in total. The van der Waals surface area contributed by atoms with Gasteiger partial charge in [0.2, 0.25) is 5.91 Å². The van der Waals surface area contributed by atoms with E-state index in [9.17, 15) is 4.79 Å². The van der Waals surface area contributed by atoms with Gasteiger partial charge in [0.25, 0.3) is 0 Å². The largest absolute Gasteiger partial charge is 0.337 e. The maximum absolute atomic E-state index is 13.1. The molecule has 1 aliphatic rings. The molecule has 0 aromatic carbocycles. The molecule has 2 heterocycles. The number of aromatic nitrogens is 3. The summed E-state index contributed by atoms with van der Waals surface area (Å²) in [6.45, 7) is 14.4. The van der Waals surface area contributed by atoms with Crippen LogP contribution in [-0.4, -0.2) is 44.9 Å². The van der Waals surface area contributed by atoms with Crippen LogP contribution in [0.25, 0.3) is 0 Å². The zero-order valence-electron chi connectivity index (χ0n) is 16.3. The van der Waals surface area contributed by atoms with Crippen LogP contribution in [-0.2, 0) is 16.9 Å². The molecule has 0 bridgehead atoms. The van der Waals surface area contributed by atoms with E-state index < -0.39 is 5.54 Å². The lowest BCUT2D eigenvalue weighted by Crippen LogP contribution is -2.56. The second kappa shape index (κ2) is 6.47. The van der Waals surface area contributed by atoms with Crippen LogP contribution in [0.2, 0.25) is 0 Å². The highest BCUT2D eigenvalue weighted by molar-refractivity contribution is 5.78. The Morgan fingerprint density at radius 3 is 2.58 bits per heavy atom. The van der Waals surface area contributed by atoms with Gasteiger partial charge in [-0.15, -0.1) is 5.10 Å². The summed E-state index contributed by atoms with van der Waals surface area (Å²) in [5, 5.41) is 11.5. The molecule has 1 saturated heterocycles. The molecule has 1 N–H and O–H groups in total. The van der Waals surface area contributed by atoms with Crippen molar-refractivity contribution in [2.24, 2.45) is 5.41 Å². The van der Waals surface area contributed by atoms with E-state index >= 15 is 0 Å². The van der Waals surface area contributed by atoms with Crippen molar-refractivity contribution in [2.75, 3.05) is 13.6 Å². The van der Waals surface area contributed by atoms with Gasteiger partial charge in [-0.05, 0) is 53.0 Å². The van der Waals surface area contributed by atoms with Crippen LogP contribution in [0.3, 0.4) is 0 Å². The summed E-state index contributed by atoms with van der Waals surface area (Å²) in [6.07, 6.45) is 4.55. The second-order valence-corrected chi connectivity index (χ2v) is 9.13. The Balaban J connectivity index is 2.13. The van der Waals surface area contributed by atoms with Crippen molar-refractivity contribution in [1.29, 1.82) is 0 Å². The number of carbonyl (C=O) groups excluding carboxylic acids is 1. The molecule has 136 valence electrons. The number of amides is 1. The van der Waals surface area contributed by atoms with E-state index in [1.54, 1.807) is 0 Å². The van der Waals surface area contributed by atoms with E-state index in [1.165, 1.54) is 0 Å². The summed E-state index contributed by atoms with van der Waals surface area (Å²) in [6, 6.07) is 0. The quantitative estimate of drug-likeness (QED) is 0.898. The molecule has 0 aliphatic carbocycles. The van der Waals surface area contributed by atoms with Crippen molar-refractivity contribution in [3.8, 4) is 0 Å². The van der Waals surface area contributed by atoms with Gasteiger partial charge in [0.15, 0.2) is 0 Å². The van der Waals surface area contributed by atoms with Crippen LogP contribution in [0.5, 0.6) is 0 Å². The first-order chi connectivity index (χ1) is 11.0. The van der Waals surface area contributed by atoms with Crippen LogP contribution in [0.4, 0.5) is 0 Å². The Morgan fingerprint density at radius 2 is 1.96 bits per heavy atom. The minimum atomic E-state index is -0.395. The van der Waals surface area contributed by atoms with Gasteiger partial charge in [0, 0.05) is 18.6 Å². The number of nitrogens with one attached hydrogen (secondary N) is 1. The summed E-state index contributed by atoms with van der Waals surface area (Å²) in [5.41, 5.74) is 0.594. The average molecular weight is 335 g/mol. The number of nitrogens with zero attached hydrogens (tertiary/aromatic N) is 4. The number of likely N-dealkylation sites (tertiary alicyclic amines) is 1. The minimum absolute atomic E-state index is 0.0810. The lowest BCUT2D eigenvalue weighted by atomic mass is 9.76. The predicted octanol–water partition coefficient (Wildman–Crippen LogP) is 2.55. The Bertz CT molecular complexity index is 588. The standard InChI is InChI=1S/C18H33N5O/c1-16(2)8-9-17(3,4)22(13-16)15(24)10-18(5,6)23-12-14(11-19-7)20-21-23/h12,19H,8-11,13H2,1-7H3. The Labute approximate surface area is 146 Å². The van der Waals surface area contributed by atoms with E-state index in [4.69, 9.17) is 0 Å². The highest BCUT2D eigenvalue weighted by Crippen LogP contribution is 2.38. The molecule has 0 atom stereocenters. The second-order valence-electron chi connectivity index (χ2n) is 9.13. The molecular weight excluding hydrogens is 302 g/mol. The van der Waals surface area contributed by atoms with Crippen molar-refractivity contribution in [2.45, 2.75) is 78.4 Å². The van der Waals surface area contributed by atoms with Crippen molar-refractivity contribution < 1.29 is 4.79 Å². The Hall–Kier alpha value is -1.43. The SMILES string of the molecule is CNCc1cn(C(C)(C)CC(=O)N2CC(C)(C)CCC2(C)C)nn1. The monoisotopic (exact) mass is 335 g/mol. The third kappa shape index (κ3) is 4.15. The van der Waals surface area contributed by atoms with Crippen LogP contribution in [0, 0.1) is 5.41 Å². The summed E-state index contributed by atoms with van der Waals surface area (Å²) in [7, 11) is 1.88. The number of piperidine rings is 1. The molecule has 1 aromatic heterocycles. The zero-order chi connectivity index (χ0) is 18.2. The topological polar surface area (TPSA) is 63.1 Å². The first-order valence-corrected chi connectivity index (χ1v) is 8.84. The van der Waals surface area contributed by atoms with E-state index in [-0.39, 0.29) is 16.9 Å². The smallest absolute Gasteiger partial charge is 0.225 e. The Morgan fingerprint density at radius 1 is 1.29 bits per heavy atom. The third-order valence-electron chi connectivity index (χ3n) is 5.13. The van der Waals surface area contributed by atoms with Gasteiger partial charge < -0.3 is 10.2 Å². The van der Waals surface area contributed by atoms with Gasteiger partial charge in [0.1, 0.15) is 0 Å².